The number of ether oxygens (including phenoxy) is 1. The number of carbonyl (C=O) groups is 1. The van der Waals surface area contributed by atoms with Crippen LogP contribution in [0, 0.1) is 5.82 Å². The van der Waals surface area contributed by atoms with Crippen LogP contribution in [0.4, 0.5) is 4.39 Å². The van der Waals surface area contributed by atoms with E-state index in [9.17, 15) is 9.18 Å². The van der Waals surface area contributed by atoms with Crippen molar-refractivity contribution in [2.24, 2.45) is 0 Å². The molecule has 0 aromatic heterocycles. The lowest BCUT2D eigenvalue weighted by Crippen LogP contribution is -2.47. The molecular formula is C20H18ClFN2O2S. The van der Waals surface area contributed by atoms with Crippen molar-refractivity contribution in [3.8, 4) is 0 Å². The van der Waals surface area contributed by atoms with E-state index in [4.69, 9.17) is 28.6 Å². The average Bonchev–Trinajstić information content (AvgIpc) is 2.65. The zero-order valence-electron chi connectivity index (χ0n) is 14.8. The molecule has 0 spiro atoms. The Morgan fingerprint density at radius 1 is 1.30 bits per heavy atom. The smallest absolute Gasteiger partial charge is 0.337 e. The van der Waals surface area contributed by atoms with Crippen molar-refractivity contribution in [2.45, 2.75) is 19.5 Å². The molecule has 1 aliphatic heterocycles. The van der Waals surface area contributed by atoms with Gasteiger partial charge in [0.15, 0.2) is 5.11 Å². The molecule has 140 valence electrons. The third-order valence-corrected chi connectivity index (χ3v) is 5.01. The van der Waals surface area contributed by atoms with Gasteiger partial charge in [-0.3, -0.25) is 0 Å². The first-order valence-corrected chi connectivity index (χ1v) is 9.06. The Morgan fingerprint density at radius 2 is 2.00 bits per heavy atom. The highest BCUT2D eigenvalue weighted by Crippen LogP contribution is 2.33. The van der Waals surface area contributed by atoms with Gasteiger partial charge in [-0.05, 0) is 54.5 Å². The van der Waals surface area contributed by atoms with Crippen molar-refractivity contribution >= 4 is 34.9 Å². The molecule has 7 heteroatoms. The molecule has 0 bridgehead atoms. The zero-order valence-corrected chi connectivity index (χ0v) is 16.4. The number of carbonyl (C=O) groups excluding carboxylic acids is 1. The van der Waals surface area contributed by atoms with Crippen LogP contribution in [0.3, 0.4) is 0 Å². The molecule has 1 atom stereocenters. The summed E-state index contributed by atoms with van der Waals surface area (Å²) in [5.41, 5.74) is 2.81. The molecule has 0 aliphatic carbocycles. The van der Waals surface area contributed by atoms with Gasteiger partial charge in [-0.1, -0.05) is 35.9 Å². The number of nitrogens with zero attached hydrogens (tertiary/aromatic N) is 1. The maximum atomic E-state index is 13.2. The summed E-state index contributed by atoms with van der Waals surface area (Å²) in [6.07, 6.45) is 0. The van der Waals surface area contributed by atoms with E-state index in [2.05, 4.69) is 5.32 Å². The molecule has 0 saturated carbocycles. The number of esters is 1. The summed E-state index contributed by atoms with van der Waals surface area (Å²) >= 11 is 11.6. The second-order valence-corrected chi connectivity index (χ2v) is 6.96. The van der Waals surface area contributed by atoms with E-state index in [-0.39, 0.29) is 5.82 Å². The quantitative estimate of drug-likeness (QED) is 0.605. The van der Waals surface area contributed by atoms with E-state index in [0.717, 1.165) is 11.1 Å². The lowest BCUT2D eigenvalue weighted by atomic mass is 9.95. The molecule has 1 N–H and O–H groups in total. The van der Waals surface area contributed by atoms with Gasteiger partial charge >= 0.3 is 5.97 Å². The molecule has 0 saturated heterocycles. The van der Waals surface area contributed by atoms with Crippen molar-refractivity contribution in [3.63, 3.8) is 0 Å². The average molecular weight is 405 g/mol. The van der Waals surface area contributed by atoms with Crippen LogP contribution >= 0.6 is 23.8 Å². The van der Waals surface area contributed by atoms with Gasteiger partial charge in [-0.15, -0.1) is 0 Å². The predicted octanol–water partition coefficient (Wildman–Crippen LogP) is 4.36. The fraction of sp³-hybridized carbons (Fsp3) is 0.200. The Bertz CT molecular complexity index is 914. The number of halogens is 2. The van der Waals surface area contributed by atoms with Crippen molar-refractivity contribution in [1.29, 1.82) is 0 Å². The van der Waals surface area contributed by atoms with Crippen LogP contribution in [0.25, 0.3) is 0 Å². The third kappa shape index (κ3) is 4.12. The fourth-order valence-electron chi connectivity index (χ4n) is 3.05. The Morgan fingerprint density at radius 3 is 2.63 bits per heavy atom. The normalized spacial score (nSPS) is 17.0. The fourth-order valence-corrected chi connectivity index (χ4v) is 3.57. The van der Waals surface area contributed by atoms with Gasteiger partial charge in [-0.25, -0.2) is 9.18 Å². The molecule has 1 unspecified atom stereocenters. The molecule has 2 aromatic carbocycles. The molecule has 3 rings (SSSR count). The van der Waals surface area contributed by atoms with E-state index in [1.807, 2.05) is 19.1 Å². The van der Waals surface area contributed by atoms with Crippen LogP contribution in [0.5, 0.6) is 0 Å². The molecule has 0 radical (unpaired) electrons. The van der Waals surface area contributed by atoms with Crippen molar-refractivity contribution in [3.05, 3.63) is 81.8 Å². The predicted molar refractivity (Wildman–Crippen MR) is 107 cm³/mol. The lowest BCUT2D eigenvalue weighted by Gasteiger charge is -2.37. The highest BCUT2D eigenvalue weighted by Gasteiger charge is 2.34. The van der Waals surface area contributed by atoms with Gasteiger partial charge in [-0.2, -0.15) is 0 Å². The second-order valence-electron chi connectivity index (χ2n) is 6.14. The minimum atomic E-state index is -0.465. The molecule has 27 heavy (non-hydrogen) atoms. The summed E-state index contributed by atoms with van der Waals surface area (Å²) < 4.78 is 18.2. The topological polar surface area (TPSA) is 41.6 Å². The molecular weight excluding hydrogens is 387 g/mol. The Hall–Kier alpha value is -2.44. The number of hydrogen-bond acceptors (Lipinski definition) is 3. The summed E-state index contributed by atoms with van der Waals surface area (Å²) in [6, 6.07) is 12.9. The zero-order chi connectivity index (χ0) is 19.6. The number of thiocarbonyl (C=S) groups is 1. The number of methoxy groups -OCH3 is 1. The molecule has 2 aromatic rings. The molecule has 0 fully saturated rings. The summed E-state index contributed by atoms with van der Waals surface area (Å²) in [7, 11) is 1.34. The summed E-state index contributed by atoms with van der Waals surface area (Å²) in [5.74, 6) is -0.752. The van der Waals surface area contributed by atoms with Gasteiger partial charge in [0.1, 0.15) is 5.82 Å². The van der Waals surface area contributed by atoms with Crippen molar-refractivity contribution < 1.29 is 13.9 Å². The first kappa shape index (κ1) is 19.3. The van der Waals surface area contributed by atoms with E-state index in [1.165, 1.54) is 19.2 Å². The van der Waals surface area contributed by atoms with Crippen LogP contribution in [0.15, 0.2) is 59.8 Å². The summed E-state index contributed by atoms with van der Waals surface area (Å²) in [5, 5.41) is 4.24. The summed E-state index contributed by atoms with van der Waals surface area (Å²) in [4.78, 5) is 14.3. The van der Waals surface area contributed by atoms with E-state index < -0.39 is 12.0 Å². The molecule has 1 heterocycles. The standard InChI is InChI=1S/C20H18ClFN2O2S/c1-12-17(19(25)26-2)18(14-4-3-5-15(21)10-14)23-20(27)24(12)11-13-6-8-16(22)9-7-13/h3-10,18H,11H2,1-2H3,(H,23,27). The molecule has 1 aliphatic rings. The SMILES string of the molecule is COC(=O)C1=C(C)N(Cc2ccc(F)cc2)C(=S)NC1c1cccc(Cl)c1. The van der Waals surface area contributed by atoms with Crippen LogP contribution in [-0.4, -0.2) is 23.1 Å². The van der Waals surface area contributed by atoms with Crippen molar-refractivity contribution in [1.82, 2.24) is 10.2 Å². The lowest BCUT2D eigenvalue weighted by molar-refractivity contribution is -0.136. The van der Waals surface area contributed by atoms with Crippen LogP contribution in [-0.2, 0) is 16.1 Å². The maximum Gasteiger partial charge on any atom is 0.337 e. The van der Waals surface area contributed by atoms with Gasteiger partial charge in [0, 0.05) is 17.3 Å². The highest BCUT2D eigenvalue weighted by atomic mass is 35.5. The molecule has 4 nitrogen and oxygen atoms in total. The monoisotopic (exact) mass is 404 g/mol. The highest BCUT2D eigenvalue weighted by molar-refractivity contribution is 7.80. The van der Waals surface area contributed by atoms with Crippen LogP contribution < -0.4 is 5.32 Å². The Balaban J connectivity index is 2.02. The van der Waals surface area contributed by atoms with Gasteiger partial charge < -0.3 is 15.0 Å². The van der Waals surface area contributed by atoms with E-state index in [1.54, 1.807) is 29.2 Å². The molecule has 0 amide bonds. The van der Waals surface area contributed by atoms with Crippen LogP contribution in [0.2, 0.25) is 5.02 Å². The first-order valence-electron chi connectivity index (χ1n) is 8.27. The van der Waals surface area contributed by atoms with E-state index in [0.29, 0.717) is 27.9 Å². The Labute approximate surface area is 167 Å². The largest absolute Gasteiger partial charge is 0.466 e. The summed E-state index contributed by atoms with van der Waals surface area (Å²) in [6.45, 7) is 2.22. The van der Waals surface area contributed by atoms with E-state index >= 15 is 0 Å². The number of allylic oxidation sites excluding steroid dienone is 1. The third-order valence-electron chi connectivity index (χ3n) is 4.44. The minimum Gasteiger partial charge on any atom is -0.466 e. The number of hydrogen-bond donors (Lipinski definition) is 1. The van der Waals surface area contributed by atoms with Gasteiger partial charge in [0.05, 0.1) is 18.7 Å². The number of benzene rings is 2. The van der Waals surface area contributed by atoms with Crippen molar-refractivity contribution in [2.75, 3.05) is 7.11 Å². The minimum absolute atomic E-state index is 0.304. The Kier molecular flexibility index (Phi) is 5.77. The van der Waals surface area contributed by atoms with Crippen LogP contribution in [0.1, 0.15) is 24.1 Å². The number of rotatable bonds is 4. The number of nitrogens with one attached hydrogen (secondary N) is 1. The second kappa shape index (κ2) is 8.06. The maximum absolute atomic E-state index is 13.2. The van der Waals surface area contributed by atoms with Gasteiger partial charge in [0.2, 0.25) is 0 Å². The first-order chi connectivity index (χ1) is 12.9. The van der Waals surface area contributed by atoms with Gasteiger partial charge in [0.25, 0.3) is 0 Å².